The topological polar surface area (TPSA) is 102 Å². The van der Waals surface area contributed by atoms with Crippen molar-refractivity contribution in [2.45, 2.75) is 46.5 Å². The molecule has 3 aromatic rings. The molecule has 0 bridgehead atoms. The smallest absolute Gasteiger partial charge is 0.271 e. The number of nitrogens with one attached hydrogen (secondary N) is 3. The maximum atomic E-state index is 13.0. The number of aryl methyl sites for hydroxylation is 2. The van der Waals surface area contributed by atoms with Crippen LogP contribution in [0.3, 0.4) is 0 Å². The molecule has 0 spiro atoms. The van der Waals surface area contributed by atoms with Crippen LogP contribution in [0.4, 0.5) is 0 Å². The first-order valence-corrected chi connectivity index (χ1v) is 11.9. The molecular formula is C26H31N3O5. The lowest BCUT2D eigenvalue weighted by Crippen LogP contribution is -2.41. The lowest BCUT2D eigenvalue weighted by atomic mass is 9.95. The Bertz CT molecular complexity index is 1170. The van der Waals surface area contributed by atoms with Crippen LogP contribution in [0.2, 0.25) is 0 Å². The van der Waals surface area contributed by atoms with Gasteiger partial charge in [0.15, 0.2) is 11.5 Å². The predicted molar refractivity (Wildman–Crippen MR) is 130 cm³/mol. The van der Waals surface area contributed by atoms with Gasteiger partial charge >= 0.3 is 0 Å². The van der Waals surface area contributed by atoms with E-state index in [2.05, 4.69) is 15.8 Å². The van der Waals surface area contributed by atoms with Gasteiger partial charge in [-0.05, 0) is 70.2 Å². The van der Waals surface area contributed by atoms with Gasteiger partial charge in [0, 0.05) is 16.6 Å². The molecule has 8 nitrogen and oxygen atoms in total. The van der Waals surface area contributed by atoms with E-state index in [1.54, 1.807) is 18.2 Å². The Labute approximate surface area is 198 Å². The quantitative estimate of drug-likeness (QED) is 0.430. The number of aromatic amines is 1. The largest absolute Gasteiger partial charge is 0.490 e. The van der Waals surface area contributed by atoms with Crippen molar-refractivity contribution in [2.24, 2.45) is 0 Å². The monoisotopic (exact) mass is 465 g/mol. The average molecular weight is 466 g/mol. The predicted octanol–water partition coefficient (Wildman–Crippen LogP) is 4.32. The van der Waals surface area contributed by atoms with Gasteiger partial charge in [-0.2, -0.15) is 0 Å². The zero-order valence-electron chi connectivity index (χ0n) is 19.9. The van der Waals surface area contributed by atoms with E-state index in [1.807, 2.05) is 32.9 Å². The summed E-state index contributed by atoms with van der Waals surface area (Å²) in [6.45, 7) is 6.79. The molecule has 34 heavy (non-hydrogen) atoms. The lowest BCUT2D eigenvalue weighted by molar-refractivity contribution is 0.0847. The fourth-order valence-corrected chi connectivity index (χ4v) is 4.39. The van der Waals surface area contributed by atoms with E-state index in [1.165, 1.54) is 11.3 Å². The molecule has 1 heterocycles. The summed E-state index contributed by atoms with van der Waals surface area (Å²) in [5, 5.41) is 1.07. The molecule has 1 aromatic heterocycles. The summed E-state index contributed by atoms with van der Waals surface area (Å²) in [5.41, 5.74) is 9.12. The molecule has 1 aliphatic carbocycles. The lowest BCUT2D eigenvalue weighted by Gasteiger charge is -2.17. The first kappa shape index (κ1) is 23.5. The number of rotatable bonds is 8. The molecule has 180 valence electrons. The third kappa shape index (κ3) is 4.66. The van der Waals surface area contributed by atoms with Gasteiger partial charge in [-0.15, -0.1) is 0 Å². The molecule has 0 fully saturated rings. The van der Waals surface area contributed by atoms with E-state index < -0.39 is 11.8 Å². The number of hydrogen-bond acceptors (Lipinski definition) is 5. The Hall–Kier alpha value is -3.68. The molecule has 4 rings (SSSR count). The number of carbonyl (C=O) groups is 2. The van der Waals surface area contributed by atoms with Gasteiger partial charge in [-0.3, -0.25) is 20.4 Å². The van der Waals surface area contributed by atoms with Gasteiger partial charge in [0.2, 0.25) is 5.75 Å². The van der Waals surface area contributed by atoms with Gasteiger partial charge in [0.25, 0.3) is 11.8 Å². The maximum Gasteiger partial charge on any atom is 0.271 e. The second-order valence-electron chi connectivity index (χ2n) is 8.03. The summed E-state index contributed by atoms with van der Waals surface area (Å²) in [7, 11) is 0. The van der Waals surface area contributed by atoms with Gasteiger partial charge in [0.1, 0.15) is 0 Å². The zero-order valence-corrected chi connectivity index (χ0v) is 19.9. The summed E-state index contributed by atoms with van der Waals surface area (Å²) < 4.78 is 17.0. The van der Waals surface area contributed by atoms with E-state index in [0.717, 1.165) is 36.6 Å². The fraction of sp³-hybridized carbons (Fsp3) is 0.385. The highest BCUT2D eigenvalue weighted by Crippen LogP contribution is 2.39. The van der Waals surface area contributed by atoms with Crippen LogP contribution >= 0.6 is 0 Å². The van der Waals surface area contributed by atoms with E-state index >= 15 is 0 Å². The van der Waals surface area contributed by atoms with Crippen molar-refractivity contribution in [3.8, 4) is 17.2 Å². The number of amides is 2. The number of hydrazine groups is 1. The van der Waals surface area contributed by atoms with Crippen LogP contribution < -0.4 is 25.1 Å². The van der Waals surface area contributed by atoms with Crippen LogP contribution in [0, 0.1) is 0 Å². The summed E-state index contributed by atoms with van der Waals surface area (Å²) >= 11 is 0. The molecule has 2 amide bonds. The summed E-state index contributed by atoms with van der Waals surface area (Å²) in [5.74, 6) is 0.394. The maximum absolute atomic E-state index is 13.0. The number of aromatic nitrogens is 1. The molecule has 0 saturated heterocycles. The molecule has 0 aliphatic heterocycles. The molecule has 0 radical (unpaired) electrons. The molecule has 8 heteroatoms. The molecule has 3 N–H and O–H groups in total. The summed E-state index contributed by atoms with van der Waals surface area (Å²) in [4.78, 5) is 29.3. The number of hydrogen-bond donors (Lipinski definition) is 3. The van der Waals surface area contributed by atoms with Crippen molar-refractivity contribution in [3.05, 3.63) is 52.7 Å². The van der Waals surface area contributed by atoms with Gasteiger partial charge < -0.3 is 19.2 Å². The molecule has 2 aromatic carbocycles. The molecular weight excluding hydrogens is 434 g/mol. The number of carbonyl (C=O) groups excluding carboxylic acids is 2. The highest BCUT2D eigenvalue weighted by atomic mass is 16.5. The molecule has 0 atom stereocenters. The van der Waals surface area contributed by atoms with Crippen molar-refractivity contribution < 1.29 is 23.8 Å². The second-order valence-corrected chi connectivity index (χ2v) is 8.03. The minimum atomic E-state index is -0.490. The van der Waals surface area contributed by atoms with Gasteiger partial charge in [-0.1, -0.05) is 12.1 Å². The van der Waals surface area contributed by atoms with Crippen LogP contribution in [0.5, 0.6) is 17.2 Å². The Morgan fingerprint density at radius 3 is 2.21 bits per heavy atom. The van der Waals surface area contributed by atoms with Crippen LogP contribution in [-0.4, -0.2) is 36.6 Å². The van der Waals surface area contributed by atoms with E-state index in [4.69, 9.17) is 14.2 Å². The number of fused-ring (bicyclic) bond motifs is 3. The van der Waals surface area contributed by atoms with Crippen molar-refractivity contribution in [1.82, 2.24) is 15.8 Å². The van der Waals surface area contributed by atoms with Crippen molar-refractivity contribution in [1.29, 1.82) is 0 Å². The normalized spacial score (nSPS) is 12.7. The number of benzene rings is 2. The first-order valence-electron chi connectivity index (χ1n) is 11.9. The van der Waals surface area contributed by atoms with Crippen LogP contribution in [0.25, 0.3) is 10.9 Å². The van der Waals surface area contributed by atoms with Gasteiger partial charge in [0.05, 0.1) is 30.9 Å². The molecule has 1 aliphatic rings. The van der Waals surface area contributed by atoms with Crippen molar-refractivity contribution >= 4 is 22.7 Å². The number of H-pyrrole nitrogens is 1. The average Bonchev–Trinajstić information content (AvgIpc) is 3.23. The number of para-hydroxylation sites is 1. The highest BCUT2D eigenvalue weighted by Gasteiger charge is 2.21. The first-order chi connectivity index (χ1) is 16.6. The minimum Gasteiger partial charge on any atom is -0.490 e. The number of ether oxygens (including phenoxy) is 3. The summed E-state index contributed by atoms with van der Waals surface area (Å²) in [6.07, 6.45) is 4.30. The van der Waals surface area contributed by atoms with E-state index in [0.29, 0.717) is 42.6 Å². The van der Waals surface area contributed by atoms with Crippen LogP contribution in [-0.2, 0) is 12.8 Å². The fourth-order valence-electron chi connectivity index (χ4n) is 4.39. The van der Waals surface area contributed by atoms with Crippen molar-refractivity contribution in [2.75, 3.05) is 19.8 Å². The second kappa shape index (κ2) is 10.5. The van der Waals surface area contributed by atoms with Gasteiger partial charge in [-0.25, -0.2) is 0 Å². The Morgan fingerprint density at radius 2 is 1.53 bits per heavy atom. The highest BCUT2D eigenvalue weighted by molar-refractivity contribution is 6.08. The Morgan fingerprint density at radius 1 is 0.882 bits per heavy atom. The van der Waals surface area contributed by atoms with E-state index in [-0.39, 0.29) is 5.56 Å². The Kier molecular flexibility index (Phi) is 7.25. The van der Waals surface area contributed by atoms with Crippen LogP contribution in [0.1, 0.15) is 65.6 Å². The van der Waals surface area contributed by atoms with E-state index in [9.17, 15) is 9.59 Å². The van der Waals surface area contributed by atoms with Crippen LogP contribution in [0.15, 0.2) is 30.3 Å². The molecule has 0 unspecified atom stereocenters. The zero-order chi connectivity index (χ0) is 24.1. The third-order valence-corrected chi connectivity index (χ3v) is 5.84. The standard InChI is InChI=1S/C26H31N3O5/c1-4-32-21-14-16(15-22(33-5-2)24(21)34-6-3)25(30)28-29-26(31)19-12-9-11-18-17-10-7-8-13-20(17)27-23(18)19/h9,11-12,14-15,27H,4-8,10,13H2,1-3H3,(H,28,30)(H,29,31). The third-order valence-electron chi connectivity index (χ3n) is 5.84. The SMILES string of the molecule is CCOc1cc(C(=O)NNC(=O)c2cccc3c4c([nH]c23)CCCC4)cc(OCC)c1OCC. The van der Waals surface area contributed by atoms with Crippen molar-refractivity contribution in [3.63, 3.8) is 0 Å². The molecule has 0 saturated carbocycles. The Balaban J connectivity index is 1.54. The minimum absolute atomic E-state index is 0.282. The summed E-state index contributed by atoms with van der Waals surface area (Å²) in [6, 6.07) is 8.83.